The van der Waals surface area contributed by atoms with Crippen molar-refractivity contribution < 1.29 is 40.0 Å². The first-order valence-electron chi connectivity index (χ1n) is 16.6. The maximum absolute atomic E-state index is 6.66. The molecular weight excluding hydrogens is 814 g/mol. The third-order valence-electron chi connectivity index (χ3n) is 9.41. The number of nitrogens with zero attached hydrogens (tertiary/aromatic N) is 2. The molecular formula is C43H31BN2O4Pt. The van der Waals surface area contributed by atoms with Gasteiger partial charge in [-0.25, -0.2) is 4.98 Å². The number of aromatic nitrogens is 2. The Morgan fingerprint density at radius 2 is 1.43 bits per heavy atom. The maximum Gasteiger partial charge on any atom is 2.00 e. The van der Waals surface area contributed by atoms with E-state index in [4.69, 9.17) is 23.9 Å². The average Bonchev–Trinajstić information content (AvgIpc) is 3.14. The second-order valence-corrected chi connectivity index (χ2v) is 13.6. The van der Waals surface area contributed by atoms with Gasteiger partial charge >= 0.3 is 21.1 Å². The van der Waals surface area contributed by atoms with E-state index in [2.05, 4.69) is 105 Å². The first kappa shape index (κ1) is 32.8. The van der Waals surface area contributed by atoms with Gasteiger partial charge in [-0.3, -0.25) is 0 Å². The van der Waals surface area contributed by atoms with Crippen molar-refractivity contribution in [1.29, 1.82) is 0 Å². The van der Waals surface area contributed by atoms with Gasteiger partial charge in [0.1, 0.15) is 17.2 Å². The van der Waals surface area contributed by atoms with Gasteiger partial charge < -0.3 is 23.9 Å². The Kier molecular flexibility index (Phi) is 8.19. The predicted octanol–water partition coefficient (Wildman–Crippen LogP) is 8.39. The van der Waals surface area contributed by atoms with Crippen molar-refractivity contribution >= 4 is 33.9 Å². The normalized spacial score (nSPS) is 12.4. The molecule has 51 heavy (non-hydrogen) atoms. The van der Waals surface area contributed by atoms with Crippen LogP contribution in [-0.2, 0) is 26.5 Å². The minimum Gasteiger partial charge on any atom is -0.518 e. The minimum absolute atomic E-state index is 0. The van der Waals surface area contributed by atoms with Crippen molar-refractivity contribution in [2.45, 2.75) is 26.2 Å². The zero-order chi connectivity index (χ0) is 34.0. The molecule has 0 unspecified atom stereocenters. The zero-order valence-electron chi connectivity index (χ0n) is 28.4. The van der Waals surface area contributed by atoms with Gasteiger partial charge in [-0.2, -0.15) is 0 Å². The molecule has 8 heteroatoms. The molecule has 0 saturated heterocycles. The SMILES string of the molecule is COc1ccnc(Oc2[c-]c3c(cc2)Oc2cc(C(C)(C)C)cc4c2B3c2[c-]c(-c3cc(-c5cccc6ccccc56)ccn3)ccc2O4)c1.[Pt+2]. The van der Waals surface area contributed by atoms with Crippen LogP contribution in [0.1, 0.15) is 26.3 Å². The summed E-state index contributed by atoms with van der Waals surface area (Å²) in [5.41, 5.74) is 7.61. The molecule has 5 aromatic carbocycles. The van der Waals surface area contributed by atoms with Crippen LogP contribution in [0.2, 0.25) is 0 Å². The van der Waals surface area contributed by atoms with Gasteiger partial charge in [-0.05, 0) is 62.8 Å². The third kappa shape index (κ3) is 5.86. The summed E-state index contributed by atoms with van der Waals surface area (Å²) in [6, 6.07) is 41.9. The van der Waals surface area contributed by atoms with Gasteiger partial charge in [0, 0.05) is 41.2 Å². The molecule has 0 N–H and O–H groups in total. The van der Waals surface area contributed by atoms with Gasteiger partial charge in [0.05, 0.1) is 7.11 Å². The number of ether oxygens (including phenoxy) is 4. The predicted molar refractivity (Wildman–Crippen MR) is 198 cm³/mol. The minimum atomic E-state index is -0.274. The molecule has 2 aliphatic rings. The van der Waals surface area contributed by atoms with E-state index < -0.39 is 0 Å². The second-order valence-electron chi connectivity index (χ2n) is 13.6. The molecule has 0 amide bonds. The maximum atomic E-state index is 6.66. The first-order chi connectivity index (χ1) is 24.3. The monoisotopic (exact) mass is 845 g/mol. The van der Waals surface area contributed by atoms with Crippen molar-refractivity contribution in [3.63, 3.8) is 0 Å². The number of hydrogen-bond donors (Lipinski definition) is 0. The van der Waals surface area contributed by atoms with Gasteiger partial charge in [-0.15, -0.1) is 52.9 Å². The van der Waals surface area contributed by atoms with E-state index in [1.165, 1.54) is 10.8 Å². The van der Waals surface area contributed by atoms with E-state index in [0.29, 0.717) is 23.1 Å². The van der Waals surface area contributed by atoms with E-state index in [9.17, 15) is 0 Å². The van der Waals surface area contributed by atoms with Crippen molar-refractivity contribution in [3.05, 3.63) is 133 Å². The molecule has 2 aromatic heterocycles. The molecule has 0 radical (unpaired) electrons. The second kappa shape index (κ2) is 12.7. The van der Waals surface area contributed by atoms with Gasteiger partial charge in [0.25, 0.3) is 0 Å². The van der Waals surface area contributed by atoms with E-state index in [1.807, 2.05) is 30.5 Å². The molecule has 0 aliphatic carbocycles. The van der Waals surface area contributed by atoms with Crippen LogP contribution >= 0.6 is 0 Å². The van der Waals surface area contributed by atoms with Gasteiger partial charge in [0.15, 0.2) is 0 Å². The molecule has 0 bridgehead atoms. The Labute approximate surface area is 311 Å². The molecule has 0 fully saturated rings. The van der Waals surface area contributed by atoms with E-state index in [-0.39, 0.29) is 33.2 Å². The van der Waals surface area contributed by atoms with Crippen LogP contribution in [0, 0.1) is 12.1 Å². The Morgan fingerprint density at radius 1 is 0.706 bits per heavy atom. The molecule has 0 atom stereocenters. The molecule has 4 heterocycles. The topological polar surface area (TPSA) is 62.7 Å². The molecule has 2 aliphatic heterocycles. The Bertz CT molecular complexity index is 2450. The smallest absolute Gasteiger partial charge is 0.518 e. The van der Waals surface area contributed by atoms with Crippen LogP contribution in [0.3, 0.4) is 0 Å². The van der Waals surface area contributed by atoms with Crippen LogP contribution < -0.4 is 35.3 Å². The van der Waals surface area contributed by atoms with Crippen molar-refractivity contribution in [3.8, 4) is 62.8 Å². The number of pyridine rings is 2. The van der Waals surface area contributed by atoms with Crippen LogP contribution in [0.25, 0.3) is 33.2 Å². The largest absolute Gasteiger partial charge is 2.00 e. The van der Waals surface area contributed by atoms with Crippen molar-refractivity contribution in [2.24, 2.45) is 0 Å². The quantitative estimate of drug-likeness (QED) is 0.128. The van der Waals surface area contributed by atoms with Crippen LogP contribution in [0.15, 0.2) is 116 Å². The summed E-state index contributed by atoms with van der Waals surface area (Å²) < 4.78 is 24.8. The van der Waals surface area contributed by atoms with Crippen LogP contribution in [0.5, 0.6) is 40.4 Å². The standard InChI is InChI=1S/C43H31BN2O4.Pt/c1-43(2,3)29-22-39-42-40(23-29)50-38-15-13-31(48-41-25-30(47-4)17-19-46-41)24-35(38)44(42)34-20-28(12-14-37(34)49-39)36-21-27(16-18-45-36)33-11-7-9-26-8-5-6-10-32(26)33;/h5-19,21-23,25H,1-4H3;/q-2;+2. The summed E-state index contributed by atoms with van der Waals surface area (Å²) in [5, 5.41) is 2.40. The number of methoxy groups -OCH3 is 1. The van der Waals surface area contributed by atoms with Gasteiger partial charge in [-0.1, -0.05) is 69.3 Å². The number of rotatable bonds is 5. The van der Waals surface area contributed by atoms with Crippen LogP contribution in [0.4, 0.5) is 0 Å². The molecule has 250 valence electrons. The fourth-order valence-corrected chi connectivity index (χ4v) is 6.86. The fourth-order valence-electron chi connectivity index (χ4n) is 6.86. The van der Waals surface area contributed by atoms with Crippen molar-refractivity contribution in [2.75, 3.05) is 7.11 Å². The Hall–Kier alpha value is -5.39. The first-order valence-corrected chi connectivity index (χ1v) is 16.6. The summed E-state index contributed by atoms with van der Waals surface area (Å²) in [6.07, 6.45) is 3.52. The average molecular weight is 846 g/mol. The Balaban J connectivity index is 0.00000374. The van der Waals surface area contributed by atoms with Crippen molar-refractivity contribution in [1.82, 2.24) is 9.97 Å². The molecule has 7 aromatic rings. The van der Waals surface area contributed by atoms with E-state index >= 15 is 0 Å². The summed E-state index contributed by atoms with van der Waals surface area (Å²) in [6.45, 7) is 6.30. The van der Waals surface area contributed by atoms with E-state index in [0.717, 1.165) is 61.6 Å². The summed E-state index contributed by atoms with van der Waals surface area (Å²) >= 11 is 0. The zero-order valence-corrected chi connectivity index (χ0v) is 30.7. The summed E-state index contributed by atoms with van der Waals surface area (Å²) in [7, 11) is 1.62. The number of fused-ring (bicyclic) bond motifs is 5. The summed E-state index contributed by atoms with van der Waals surface area (Å²) in [4.78, 5) is 9.18. The number of benzene rings is 5. The molecule has 6 nitrogen and oxygen atoms in total. The third-order valence-corrected chi connectivity index (χ3v) is 9.41. The molecule has 0 spiro atoms. The van der Waals surface area contributed by atoms with Crippen LogP contribution in [-0.4, -0.2) is 23.8 Å². The Morgan fingerprint density at radius 3 is 2.22 bits per heavy atom. The fraction of sp³-hybridized carbons (Fsp3) is 0.116. The van der Waals surface area contributed by atoms with E-state index in [1.54, 1.807) is 25.4 Å². The molecule has 9 rings (SSSR count). The summed E-state index contributed by atoms with van der Waals surface area (Å²) in [5.74, 6) is 4.54. The van der Waals surface area contributed by atoms with Gasteiger partial charge in [0.2, 0.25) is 12.6 Å². The molecule has 0 saturated carbocycles. The number of hydrogen-bond acceptors (Lipinski definition) is 6.